The van der Waals surface area contributed by atoms with E-state index < -0.39 is 6.04 Å². The number of hydrogen-bond acceptors (Lipinski definition) is 4. The molecule has 0 spiro atoms. The number of amides is 2. The van der Waals surface area contributed by atoms with Gasteiger partial charge in [-0.05, 0) is 61.7 Å². The first-order chi connectivity index (χ1) is 15.3. The van der Waals surface area contributed by atoms with Crippen LogP contribution >= 0.6 is 23.2 Å². The van der Waals surface area contributed by atoms with Gasteiger partial charge in [-0.1, -0.05) is 43.1 Å². The first kappa shape index (κ1) is 25.8. The van der Waals surface area contributed by atoms with Crippen molar-refractivity contribution in [3.8, 4) is 11.5 Å². The molecule has 0 saturated heterocycles. The van der Waals surface area contributed by atoms with Crippen molar-refractivity contribution in [1.29, 1.82) is 0 Å². The summed E-state index contributed by atoms with van der Waals surface area (Å²) in [5.74, 6) is 0.723. The molecule has 0 heterocycles. The highest BCUT2D eigenvalue weighted by Gasteiger charge is 2.29. The molecule has 2 rings (SSSR count). The minimum Gasteiger partial charge on any atom is -0.497 e. The largest absolute Gasteiger partial charge is 0.497 e. The number of carbonyl (C=O) groups is 2. The molecule has 0 aliphatic heterocycles. The molecule has 0 bridgehead atoms. The summed E-state index contributed by atoms with van der Waals surface area (Å²) >= 11 is 12.2. The molecule has 2 aromatic carbocycles. The van der Waals surface area contributed by atoms with Crippen molar-refractivity contribution in [1.82, 2.24) is 10.2 Å². The molecule has 0 saturated carbocycles. The number of methoxy groups -OCH3 is 1. The van der Waals surface area contributed by atoms with Gasteiger partial charge >= 0.3 is 0 Å². The lowest BCUT2D eigenvalue weighted by molar-refractivity contribution is -0.143. The summed E-state index contributed by atoms with van der Waals surface area (Å²) in [5.41, 5.74) is 0.770. The minimum absolute atomic E-state index is 0.00836. The highest BCUT2D eigenvalue weighted by Crippen LogP contribution is 2.24. The average molecular weight is 481 g/mol. The Balaban J connectivity index is 2.22. The number of hydrogen-bond donors (Lipinski definition) is 1. The summed E-state index contributed by atoms with van der Waals surface area (Å²) in [6.07, 6.45) is 1.25. The summed E-state index contributed by atoms with van der Waals surface area (Å²) < 4.78 is 10.8. The molecule has 174 valence electrons. The Morgan fingerprint density at radius 1 is 1.00 bits per heavy atom. The SMILES string of the molecule is CC[C@H](C(=O)N[C@@H](C)CC)N(Cc1ccc(Cl)c(Cl)c1)C(=O)COc1ccc(OC)cc1. The van der Waals surface area contributed by atoms with Gasteiger partial charge in [-0.15, -0.1) is 0 Å². The van der Waals surface area contributed by atoms with E-state index in [1.807, 2.05) is 20.8 Å². The van der Waals surface area contributed by atoms with Gasteiger partial charge in [0.05, 0.1) is 17.2 Å². The molecule has 0 fully saturated rings. The summed E-state index contributed by atoms with van der Waals surface area (Å²) in [6.45, 7) is 5.80. The van der Waals surface area contributed by atoms with Gasteiger partial charge in [-0.2, -0.15) is 0 Å². The first-order valence-electron chi connectivity index (χ1n) is 10.6. The summed E-state index contributed by atoms with van der Waals surface area (Å²) in [4.78, 5) is 27.7. The molecule has 2 amide bonds. The highest BCUT2D eigenvalue weighted by atomic mass is 35.5. The zero-order chi connectivity index (χ0) is 23.7. The Hall–Kier alpha value is -2.44. The molecular weight excluding hydrogens is 451 g/mol. The molecule has 0 aliphatic rings. The van der Waals surface area contributed by atoms with Crippen LogP contribution in [0.3, 0.4) is 0 Å². The molecular formula is C24H30Cl2N2O4. The second-order valence-electron chi connectivity index (χ2n) is 7.48. The number of nitrogens with one attached hydrogen (secondary N) is 1. The maximum absolute atomic E-state index is 13.2. The number of carbonyl (C=O) groups excluding carboxylic acids is 2. The van der Waals surface area contributed by atoms with E-state index in [0.717, 1.165) is 12.0 Å². The second kappa shape index (κ2) is 12.6. The highest BCUT2D eigenvalue weighted by molar-refractivity contribution is 6.42. The van der Waals surface area contributed by atoms with Crippen LogP contribution in [-0.2, 0) is 16.1 Å². The van der Waals surface area contributed by atoms with Gasteiger partial charge in [-0.3, -0.25) is 9.59 Å². The maximum Gasteiger partial charge on any atom is 0.261 e. The van der Waals surface area contributed by atoms with Crippen LogP contribution in [0.2, 0.25) is 10.0 Å². The Morgan fingerprint density at radius 3 is 2.22 bits per heavy atom. The van der Waals surface area contributed by atoms with E-state index in [4.69, 9.17) is 32.7 Å². The number of nitrogens with zero attached hydrogens (tertiary/aromatic N) is 1. The van der Waals surface area contributed by atoms with Crippen LogP contribution in [0.15, 0.2) is 42.5 Å². The summed E-state index contributed by atoms with van der Waals surface area (Å²) in [7, 11) is 1.58. The minimum atomic E-state index is -0.648. The zero-order valence-electron chi connectivity index (χ0n) is 18.9. The third-order valence-corrected chi connectivity index (χ3v) is 5.88. The lowest BCUT2D eigenvalue weighted by atomic mass is 10.1. The van der Waals surface area contributed by atoms with Crippen molar-refractivity contribution in [2.45, 2.75) is 52.2 Å². The van der Waals surface area contributed by atoms with Crippen LogP contribution in [0, 0.1) is 0 Å². The van der Waals surface area contributed by atoms with Crippen molar-refractivity contribution < 1.29 is 19.1 Å². The maximum atomic E-state index is 13.2. The van der Waals surface area contributed by atoms with Crippen molar-refractivity contribution in [2.24, 2.45) is 0 Å². The van der Waals surface area contributed by atoms with Gasteiger partial charge in [0.25, 0.3) is 5.91 Å². The topological polar surface area (TPSA) is 67.9 Å². The van der Waals surface area contributed by atoms with Gasteiger partial charge in [0.2, 0.25) is 5.91 Å². The van der Waals surface area contributed by atoms with Crippen molar-refractivity contribution in [3.63, 3.8) is 0 Å². The van der Waals surface area contributed by atoms with E-state index in [1.165, 1.54) is 4.90 Å². The fourth-order valence-electron chi connectivity index (χ4n) is 3.10. The molecule has 32 heavy (non-hydrogen) atoms. The molecule has 2 aromatic rings. The first-order valence-corrected chi connectivity index (χ1v) is 11.3. The normalized spacial score (nSPS) is 12.6. The Labute approximate surface area is 199 Å². The van der Waals surface area contributed by atoms with E-state index >= 15 is 0 Å². The van der Waals surface area contributed by atoms with Gasteiger partial charge in [0.15, 0.2) is 6.61 Å². The number of ether oxygens (including phenoxy) is 2. The monoisotopic (exact) mass is 480 g/mol. The van der Waals surface area contributed by atoms with Crippen molar-refractivity contribution in [2.75, 3.05) is 13.7 Å². The fraction of sp³-hybridized carbons (Fsp3) is 0.417. The van der Waals surface area contributed by atoms with Gasteiger partial charge in [0, 0.05) is 12.6 Å². The zero-order valence-corrected chi connectivity index (χ0v) is 20.4. The van der Waals surface area contributed by atoms with Gasteiger partial charge in [0.1, 0.15) is 17.5 Å². The molecule has 0 unspecified atom stereocenters. The fourth-order valence-corrected chi connectivity index (χ4v) is 3.42. The van der Waals surface area contributed by atoms with E-state index in [9.17, 15) is 9.59 Å². The number of halogens is 2. The summed E-state index contributed by atoms with van der Waals surface area (Å²) in [6, 6.07) is 11.5. The van der Waals surface area contributed by atoms with Crippen LogP contribution in [0.25, 0.3) is 0 Å². The van der Waals surface area contributed by atoms with Gasteiger partial charge < -0.3 is 19.7 Å². The van der Waals surface area contributed by atoms with Crippen LogP contribution in [0.1, 0.15) is 39.2 Å². The quantitative estimate of drug-likeness (QED) is 0.485. The van der Waals surface area contributed by atoms with E-state index in [0.29, 0.717) is 28.0 Å². The van der Waals surface area contributed by atoms with Crippen LogP contribution in [0.4, 0.5) is 0 Å². The van der Waals surface area contributed by atoms with Crippen molar-refractivity contribution >= 4 is 35.0 Å². The standard InChI is InChI=1S/C24H30Cl2N2O4/c1-5-16(3)27-24(30)22(6-2)28(14-17-7-12-20(25)21(26)13-17)23(29)15-32-19-10-8-18(31-4)9-11-19/h7-13,16,22H,5-6,14-15H2,1-4H3,(H,27,30)/t16-,22+/m0/s1. The van der Waals surface area contributed by atoms with Crippen molar-refractivity contribution in [3.05, 3.63) is 58.1 Å². The molecule has 2 atom stereocenters. The molecule has 6 nitrogen and oxygen atoms in total. The molecule has 8 heteroatoms. The van der Waals surface area contributed by atoms with Crippen LogP contribution in [-0.4, -0.2) is 42.5 Å². The Morgan fingerprint density at radius 2 is 1.66 bits per heavy atom. The van der Waals surface area contributed by atoms with Gasteiger partial charge in [-0.25, -0.2) is 0 Å². The second-order valence-corrected chi connectivity index (χ2v) is 8.29. The number of rotatable bonds is 11. The Kier molecular flexibility index (Phi) is 10.1. The smallest absolute Gasteiger partial charge is 0.261 e. The molecule has 0 radical (unpaired) electrons. The third-order valence-electron chi connectivity index (χ3n) is 5.15. The van der Waals surface area contributed by atoms with E-state index in [-0.39, 0.29) is 31.0 Å². The van der Waals surface area contributed by atoms with E-state index in [1.54, 1.807) is 49.6 Å². The number of benzene rings is 2. The lowest BCUT2D eigenvalue weighted by Gasteiger charge is -2.31. The van der Waals surface area contributed by atoms with E-state index in [2.05, 4.69) is 5.32 Å². The molecule has 0 aromatic heterocycles. The third kappa shape index (κ3) is 7.31. The molecule has 0 aliphatic carbocycles. The Bertz CT molecular complexity index is 905. The predicted molar refractivity (Wildman–Crippen MR) is 127 cm³/mol. The predicted octanol–water partition coefficient (Wildman–Crippen LogP) is 5.10. The molecule has 1 N–H and O–H groups in total. The summed E-state index contributed by atoms with van der Waals surface area (Å²) in [5, 5.41) is 3.79. The lowest BCUT2D eigenvalue weighted by Crippen LogP contribution is -2.51. The average Bonchev–Trinajstić information content (AvgIpc) is 2.79. The van der Waals surface area contributed by atoms with Crippen LogP contribution in [0.5, 0.6) is 11.5 Å². The van der Waals surface area contributed by atoms with Crippen LogP contribution < -0.4 is 14.8 Å².